The molecule has 1 N–H and O–H groups in total. The van der Waals surface area contributed by atoms with Gasteiger partial charge in [0.2, 0.25) is 0 Å². The molecule has 11 heavy (non-hydrogen) atoms. The summed E-state index contributed by atoms with van der Waals surface area (Å²) in [5.41, 5.74) is -0.176. The van der Waals surface area contributed by atoms with Crippen LogP contribution >= 0.6 is 0 Å². The van der Waals surface area contributed by atoms with Crippen molar-refractivity contribution in [1.82, 2.24) is 0 Å². The minimum Gasteiger partial charge on any atom is -0.394 e. The van der Waals surface area contributed by atoms with E-state index in [1.54, 1.807) is 0 Å². The topological polar surface area (TPSA) is 38.7 Å². The Bertz CT molecular complexity index is 129. The van der Waals surface area contributed by atoms with Crippen molar-refractivity contribution in [2.24, 2.45) is 0 Å². The van der Waals surface area contributed by atoms with E-state index < -0.39 is 0 Å². The van der Waals surface area contributed by atoms with Crippen LogP contribution in [0.5, 0.6) is 0 Å². The van der Waals surface area contributed by atoms with E-state index in [1.807, 2.05) is 6.08 Å². The highest BCUT2D eigenvalue weighted by atomic mass is 16.6. The summed E-state index contributed by atoms with van der Waals surface area (Å²) in [6.07, 6.45) is 2.62. The summed E-state index contributed by atoms with van der Waals surface area (Å²) in [5.74, 6) is 0. The molecule has 1 rings (SSSR count). The molecule has 0 aromatic carbocycles. The van der Waals surface area contributed by atoms with Crippen LogP contribution in [0.15, 0.2) is 12.7 Å². The van der Waals surface area contributed by atoms with E-state index in [9.17, 15) is 0 Å². The molecule has 3 heteroatoms. The predicted molar refractivity (Wildman–Crippen MR) is 41.4 cm³/mol. The zero-order chi connectivity index (χ0) is 8.16. The van der Waals surface area contributed by atoms with Crippen molar-refractivity contribution in [2.75, 3.05) is 26.4 Å². The van der Waals surface area contributed by atoms with E-state index in [2.05, 4.69) is 6.58 Å². The first-order valence-corrected chi connectivity index (χ1v) is 3.76. The zero-order valence-corrected chi connectivity index (χ0v) is 6.58. The van der Waals surface area contributed by atoms with E-state index in [0.717, 1.165) is 6.42 Å². The van der Waals surface area contributed by atoms with Crippen molar-refractivity contribution >= 4 is 0 Å². The van der Waals surface area contributed by atoms with Crippen molar-refractivity contribution in [2.45, 2.75) is 12.0 Å². The molecule has 0 aromatic rings. The SMILES string of the molecule is C=CCC1(OCCO)COC1. The van der Waals surface area contributed by atoms with Gasteiger partial charge in [0.05, 0.1) is 26.4 Å². The fourth-order valence-corrected chi connectivity index (χ4v) is 1.12. The maximum absolute atomic E-state index is 8.53. The molecule has 1 aliphatic rings. The molecule has 3 nitrogen and oxygen atoms in total. The Labute approximate surface area is 66.6 Å². The quantitative estimate of drug-likeness (QED) is 0.586. The predicted octanol–water partition coefficient (Wildman–Crippen LogP) is 0.340. The van der Waals surface area contributed by atoms with Gasteiger partial charge in [-0.2, -0.15) is 0 Å². The second-order valence-electron chi connectivity index (χ2n) is 2.74. The standard InChI is InChI=1S/C8H14O3/c1-2-3-8(6-10-7-8)11-5-4-9/h2,9H,1,3-7H2. The minimum absolute atomic E-state index is 0.0683. The summed E-state index contributed by atoms with van der Waals surface area (Å²) < 4.78 is 10.4. The van der Waals surface area contributed by atoms with E-state index in [-0.39, 0.29) is 12.2 Å². The van der Waals surface area contributed by atoms with Gasteiger partial charge in [-0.1, -0.05) is 6.08 Å². The van der Waals surface area contributed by atoms with Crippen LogP contribution in [0.2, 0.25) is 0 Å². The summed E-state index contributed by atoms with van der Waals surface area (Å²) in [7, 11) is 0. The average Bonchev–Trinajstić information content (AvgIpc) is 1.95. The highest BCUT2D eigenvalue weighted by Crippen LogP contribution is 2.25. The van der Waals surface area contributed by atoms with Crippen LogP contribution in [-0.4, -0.2) is 37.1 Å². The molecular weight excluding hydrogens is 144 g/mol. The van der Waals surface area contributed by atoms with Gasteiger partial charge >= 0.3 is 0 Å². The Kier molecular flexibility index (Phi) is 3.05. The molecule has 0 aromatic heterocycles. The molecule has 1 fully saturated rings. The molecule has 1 heterocycles. The number of aliphatic hydroxyl groups excluding tert-OH is 1. The van der Waals surface area contributed by atoms with Crippen LogP contribution in [-0.2, 0) is 9.47 Å². The molecule has 0 radical (unpaired) electrons. The molecule has 0 unspecified atom stereocenters. The second kappa shape index (κ2) is 3.85. The Morgan fingerprint density at radius 1 is 1.64 bits per heavy atom. The number of hydrogen-bond acceptors (Lipinski definition) is 3. The third kappa shape index (κ3) is 2.02. The van der Waals surface area contributed by atoms with Gasteiger partial charge in [0.15, 0.2) is 0 Å². The zero-order valence-electron chi connectivity index (χ0n) is 6.58. The van der Waals surface area contributed by atoms with E-state index in [4.69, 9.17) is 14.6 Å². The Morgan fingerprint density at radius 3 is 2.73 bits per heavy atom. The fourth-order valence-electron chi connectivity index (χ4n) is 1.12. The van der Waals surface area contributed by atoms with Crippen LogP contribution in [0.1, 0.15) is 6.42 Å². The third-order valence-electron chi connectivity index (χ3n) is 1.75. The number of aliphatic hydroxyl groups is 1. The van der Waals surface area contributed by atoms with Crippen LogP contribution < -0.4 is 0 Å². The van der Waals surface area contributed by atoms with E-state index >= 15 is 0 Å². The maximum atomic E-state index is 8.53. The normalized spacial score (nSPS) is 20.8. The first-order chi connectivity index (χ1) is 5.33. The van der Waals surface area contributed by atoms with Gasteiger partial charge in [0, 0.05) is 0 Å². The molecular formula is C8H14O3. The molecule has 0 amide bonds. The first-order valence-electron chi connectivity index (χ1n) is 3.76. The lowest BCUT2D eigenvalue weighted by Gasteiger charge is -2.40. The van der Waals surface area contributed by atoms with Crippen molar-refractivity contribution < 1.29 is 14.6 Å². The lowest BCUT2D eigenvalue weighted by atomic mass is 9.98. The summed E-state index contributed by atoms with van der Waals surface area (Å²) in [6.45, 7) is 5.34. The molecule has 0 saturated carbocycles. The van der Waals surface area contributed by atoms with Gasteiger partial charge in [-0.05, 0) is 6.42 Å². The van der Waals surface area contributed by atoms with Crippen molar-refractivity contribution in [3.05, 3.63) is 12.7 Å². The number of ether oxygens (including phenoxy) is 2. The minimum atomic E-state index is -0.176. The van der Waals surface area contributed by atoms with Gasteiger partial charge in [0.25, 0.3) is 0 Å². The monoisotopic (exact) mass is 158 g/mol. The lowest BCUT2D eigenvalue weighted by molar-refractivity contribution is -0.210. The Morgan fingerprint density at radius 2 is 2.36 bits per heavy atom. The number of hydrogen-bond donors (Lipinski definition) is 1. The first kappa shape index (κ1) is 8.71. The molecule has 0 spiro atoms. The van der Waals surface area contributed by atoms with Gasteiger partial charge in [-0.15, -0.1) is 6.58 Å². The number of rotatable bonds is 5. The molecule has 64 valence electrons. The summed E-state index contributed by atoms with van der Waals surface area (Å²) in [4.78, 5) is 0. The van der Waals surface area contributed by atoms with E-state index in [1.165, 1.54) is 0 Å². The Balaban J connectivity index is 2.27. The molecule has 0 atom stereocenters. The smallest absolute Gasteiger partial charge is 0.118 e. The van der Waals surface area contributed by atoms with Crippen LogP contribution in [0, 0.1) is 0 Å². The Hall–Kier alpha value is -0.380. The van der Waals surface area contributed by atoms with E-state index in [0.29, 0.717) is 19.8 Å². The largest absolute Gasteiger partial charge is 0.394 e. The average molecular weight is 158 g/mol. The molecule has 1 saturated heterocycles. The van der Waals surface area contributed by atoms with Crippen LogP contribution in [0.25, 0.3) is 0 Å². The lowest BCUT2D eigenvalue weighted by Crippen LogP contribution is -2.51. The van der Waals surface area contributed by atoms with Crippen molar-refractivity contribution in [3.8, 4) is 0 Å². The van der Waals surface area contributed by atoms with Crippen LogP contribution in [0.4, 0.5) is 0 Å². The summed E-state index contributed by atoms with van der Waals surface area (Å²) in [5, 5.41) is 8.53. The van der Waals surface area contributed by atoms with Gasteiger partial charge in [-0.3, -0.25) is 0 Å². The summed E-state index contributed by atoms with van der Waals surface area (Å²) in [6, 6.07) is 0. The highest BCUT2D eigenvalue weighted by Gasteiger charge is 2.38. The third-order valence-corrected chi connectivity index (χ3v) is 1.75. The second-order valence-corrected chi connectivity index (χ2v) is 2.74. The molecule has 0 bridgehead atoms. The highest BCUT2D eigenvalue weighted by molar-refractivity contribution is 4.93. The fraction of sp³-hybridized carbons (Fsp3) is 0.750. The molecule has 0 aliphatic carbocycles. The maximum Gasteiger partial charge on any atom is 0.118 e. The van der Waals surface area contributed by atoms with Crippen LogP contribution in [0.3, 0.4) is 0 Å². The van der Waals surface area contributed by atoms with Gasteiger partial charge in [-0.25, -0.2) is 0 Å². The summed E-state index contributed by atoms with van der Waals surface area (Å²) >= 11 is 0. The van der Waals surface area contributed by atoms with Gasteiger partial charge in [0.1, 0.15) is 5.60 Å². The van der Waals surface area contributed by atoms with Gasteiger partial charge < -0.3 is 14.6 Å². The molecule has 1 aliphatic heterocycles. The van der Waals surface area contributed by atoms with Crippen molar-refractivity contribution in [1.29, 1.82) is 0 Å². The van der Waals surface area contributed by atoms with Crippen molar-refractivity contribution in [3.63, 3.8) is 0 Å².